The molecule has 0 saturated heterocycles. The molecule has 0 unspecified atom stereocenters. The monoisotopic (exact) mass is 445 g/mol. The molecule has 0 fully saturated rings. The van der Waals surface area contributed by atoms with E-state index in [1.807, 2.05) is 22.8 Å². The van der Waals surface area contributed by atoms with Crippen LogP contribution in [0.4, 0.5) is 5.69 Å². The molecule has 0 bridgehead atoms. The maximum Gasteiger partial charge on any atom is 0.272 e. The summed E-state index contributed by atoms with van der Waals surface area (Å²) in [5.74, 6) is 1.54. The van der Waals surface area contributed by atoms with E-state index in [2.05, 4.69) is 15.5 Å². The maximum atomic E-state index is 12.6. The average Bonchev–Trinajstić information content (AvgIpc) is 3.39. The third-order valence-electron chi connectivity index (χ3n) is 4.47. The first kappa shape index (κ1) is 20.2. The van der Waals surface area contributed by atoms with Crippen LogP contribution in [0.2, 0.25) is 0 Å². The van der Waals surface area contributed by atoms with Crippen molar-refractivity contribution < 1.29 is 14.3 Å². The molecule has 0 aliphatic rings. The van der Waals surface area contributed by atoms with Crippen molar-refractivity contribution in [1.29, 1.82) is 0 Å². The minimum Gasteiger partial charge on any atom is -0.497 e. The number of aromatic nitrogens is 4. The van der Waals surface area contributed by atoms with Crippen molar-refractivity contribution in [3.63, 3.8) is 0 Å². The largest absolute Gasteiger partial charge is 0.497 e. The van der Waals surface area contributed by atoms with Crippen LogP contribution in [0.3, 0.4) is 0 Å². The number of fused-ring (bicyclic) bond motifs is 3. The fourth-order valence-electron chi connectivity index (χ4n) is 3.09. The van der Waals surface area contributed by atoms with Gasteiger partial charge in [-0.2, -0.15) is 0 Å². The number of anilines is 1. The second-order valence-corrected chi connectivity index (χ2v) is 8.10. The quantitative estimate of drug-likeness (QED) is 0.437. The molecule has 4 aromatic rings. The number of aryl methyl sites for hydroxylation is 1. The minimum atomic E-state index is -0.211. The summed E-state index contributed by atoms with van der Waals surface area (Å²) >= 11 is 2.63. The minimum absolute atomic E-state index is 0.0799. The third-order valence-corrected chi connectivity index (χ3v) is 6.29. The van der Waals surface area contributed by atoms with E-state index in [0.717, 1.165) is 5.52 Å². The maximum absolute atomic E-state index is 12.6. The highest BCUT2D eigenvalue weighted by molar-refractivity contribution is 7.99. The standard InChI is InChI=1S/C19H19N5O4S2/c1-4-23-17(26)16-14(5-6-29-16)24-18(23)21-22-19(24)30-10-15(25)20-11-7-12(27-2)9-13(8-11)28-3/h5-9H,4,10H2,1-3H3,(H,20,25). The lowest BCUT2D eigenvalue weighted by atomic mass is 10.2. The van der Waals surface area contributed by atoms with Gasteiger partial charge in [-0.05, 0) is 18.4 Å². The predicted molar refractivity (Wildman–Crippen MR) is 117 cm³/mol. The Morgan fingerprint density at radius 3 is 2.60 bits per heavy atom. The Morgan fingerprint density at radius 2 is 1.93 bits per heavy atom. The summed E-state index contributed by atoms with van der Waals surface area (Å²) in [5.41, 5.74) is 1.24. The summed E-state index contributed by atoms with van der Waals surface area (Å²) in [4.78, 5) is 25.1. The van der Waals surface area contributed by atoms with E-state index >= 15 is 0 Å². The molecule has 1 amide bonds. The van der Waals surface area contributed by atoms with Gasteiger partial charge in [0, 0.05) is 30.4 Å². The molecule has 1 N–H and O–H groups in total. The molecule has 0 spiro atoms. The highest BCUT2D eigenvalue weighted by Crippen LogP contribution is 2.27. The smallest absolute Gasteiger partial charge is 0.272 e. The second kappa shape index (κ2) is 8.36. The van der Waals surface area contributed by atoms with Gasteiger partial charge < -0.3 is 14.8 Å². The number of nitrogens with one attached hydrogen (secondary N) is 1. The Labute approximate surface area is 179 Å². The number of benzene rings is 1. The normalized spacial score (nSPS) is 11.2. The molecule has 1 aromatic carbocycles. The van der Waals surface area contributed by atoms with E-state index in [1.54, 1.807) is 37.0 Å². The summed E-state index contributed by atoms with van der Waals surface area (Å²) in [7, 11) is 3.10. The predicted octanol–water partition coefficient (Wildman–Crippen LogP) is 2.87. The Kier molecular flexibility index (Phi) is 5.64. The third kappa shape index (κ3) is 3.61. The first-order valence-electron chi connectivity index (χ1n) is 9.06. The Morgan fingerprint density at radius 1 is 1.20 bits per heavy atom. The lowest BCUT2D eigenvalue weighted by molar-refractivity contribution is -0.113. The molecular formula is C19H19N5O4S2. The van der Waals surface area contributed by atoms with Crippen LogP contribution in [0, 0.1) is 0 Å². The highest BCUT2D eigenvalue weighted by atomic mass is 32.2. The summed E-state index contributed by atoms with van der Waals surface area (Å²) < 4.78 is 14.5. The zero-order valence-electron chi connectivity index (χ0n) is 16.5. The van der Waals surface area contributed by atoms with Gasteiger partial charge in [0.05, 0.1) is 25.5 Å². The van der Waals surface area contributed by atoms with Gasteiger partial charge in [-0.15, -0.1) is 21.5 Å². The fraction of sp³-hybridized carbons (Fsp3) is 0.263. The van der Waals surface area contributed by atoms with Crippen molar-refractivity contribution in [2.75, 3.05) is 25.3 Å². The van der Waals surface area contributed by atoms with Gasteiger partial charge in [-0.25, -0.2) is 0 Å². The van der Waals surface area contributed by atoms with Crippen molar-refractivity contribution >= 4 is 50.7 Å². The number of methoxy groups -OCH3 is 2. The topological polar surface area (TPSA) is 99.8 Å². The number of amides is 1. The first-order valence-corrected chi connectivity index (χ1v) is 10.9. The lowest BCUT2D eigenvalue weighted by Gasteiger charge is -2.10. The molecule has 30 heavy (non-hydrogen) atoms. The number of ether oxygens (including phenoxy) is 2. The van der Waals surface area contributed by atoms with Crippen molar-refractivity contribution in [3.05, 3.63) is 40.0 Å². The molecular weight excluding hydrogens is 426 g/mol. The molecule has 3 heterocycles. The van der Waals surface area contributed by atoms with Crippen LogP contribution in [-0.4, -0.2) is 45.0 Å². The van der Waals surface area contributed by atoms with Gasteiger partial charge in [-0.1, -0.05) is 11.8 Å². The first-order chi connectivity index (χ1) is 14.5. The van der Waals surface area contributed by atoms with Gasteiger partial charge in [0.2, 0.25) is 11.7 Å². The number of thioether (sulfide) groups is 1. The Hall–Kier alpha value is -3.05. The molecule has 4 rings (SSSR count). The van der Waals surface area contributed by atoms with E-state index in [4.69, 9.17) is 9.47 Å². The molecule has 0 aliphatic heterocycles. The highest BCUT2D eigenvalue weighted by Gasteiger charge is 2.18. The van der Waals surface area contributed by atoms with Gasteiger partial charge >= 0.3 is 0 Å². The summed E-state index contributed by atoms with van der Waals surface area (Å²) in [6.45, 7) is 2.37. The van der Waals surface area contributed by atoms with Crippen LogP contribution in [0.5, 0.6) is 11.5 Å². The number of hydrogen-bond acceptors (Lipinski definition) is 8. The number of thiophene rings is 1. The summed E-state index contributed by atoms with van der Waals surface area (Å²) in [6.07, 6.45) is 0. The average molecular weight is 446 g/mol. The molecule has 156 valence electrons. The van der Waals surface area contributed by atoms with Crippen LogP contribution < -0.4 is 20.3 Å². The number of carbonyl (C=O) groups excluding carboxylic acids is 1. The second-order valence-electron chi connectivity index (χ2n) is 6.24. The van der Waals surface area contributed by atoms with Crippen molar-refractivity contribution in [3.8, 4) is 11.5 Å². The van der Waals surface area contributed by atoms with Crippen molar-refractivity contribution in [1.82, 2.24) is 19.2 Å². The Bertz CT molecular complexity index is 1270. The van der Waals surface area contributed by atoms with Crippen molar-refractivity contribution in [2.45, 2.75) is 18.6 Å². The molecule has 0 saturated carbocycles. The Balaban J connectivity index is 1.58. The number of hydrogen-bond donors (Lipinski definition) is 1. The van der Waals surface area contributed by atoms with Crippen LogP contribution in [0.1, 0.15) is 6.92 Å². The van der Waals surface area contributed by atoms with E-state index in [0.29, 0.717) is 39.4 Å². The van der Waals surface area contributed by atoms with Crippen LogP contribution >= 0.6 is 23.1 Å². The SMILES string of the molecule is CCn1c(=O)c2sccc2n2c(SCC(=O)Nc3cc(OC)cc(OC)c3)nnc12. The van der Waals surface area contributed by atoms with Gasteiger partial charge in [0.15, 0.2) is 5.16 Å². The zero-order chi connectivity index (χ0) is 21.3. The van der Waals surface area contributed by atoms with E-state index in [1.165, 1.54) is 23.1 Å². The van der Waals surface area contributed by atoms with Gasteiger partial charge in [0.25, 0.3) is 5.56 Å². The molecule has 11 heteroatoms. The van der Waals surface area contributed by atoms with Gasteiger partial charge in [-0.3, -0.25) is 18.6 Å². The number of nitrogens with zero attached hydrogens (tertiary/aromatic N) is 4. The van der Waals surface area contributed by atoms with Crippen LogP contribution in [0.25, 0.3) is 16.0 Å². The molecule has 3 aromatic heterocycles. The number of carbonyl (C=O) groups is 1. The van der Waals surface area contributed by atoms with Crippen LogP contribution in [0.15, 0.2) is 39.6 Å². The zero-order valence-corrected chi connectivity index (χ0v) is 18.2. The van der Waals surface area contributed by atoms with Gasteiger partial charge in [0.1, 0.15) is 16.2 Å². The summed E-state index contributed by atoms with van der Waals surface area (Å²) in [5, 5.41) is 13.6. The molecule has 0 radical (unpaired) electrons. The fourth-order valence-corrected chi connectivity index (χ4v) is 4.65. The van der Waals surface area contributed by atoms with E-state index < -0.39 is 0 Å². The van der Waals surface area contributed by atoms with Crippen molar-refractivity contribution in [2.24, 2.45) is 0 Å². The molecule has 0 atom stereocenters. The number of rotatable bonds is 7. The summed E-state index contributed by atoms with van der Waals surface area (Å²) in [6, 6.07) is 7.02. The molecule has 0 aliphatic carbocycles. The van der Waals surface area contributed by atoms with Crippen LogP contribution in [-0.2, 0) is 11.3 Å². The van der Waals surface area contributed by atoms with E-state index in [-0.39, 0.29) is 17.2 Å². The molecule has 9 nitrogen and oxygen atoms in total. The lowest BCUT2D eigenvalue weighted by Crippen LogP contribution is -2.21. The van der Waals surface area contributed by atoms with E-state index in [9.17, 15) is 9.59 Å².